The Morgan fingerprint density at radius 3 is 2.24 bits per heavy atom. The summed E-state index contributed by atoms with van der Waals surface area (Å²) < 4.78 is 99.7. The van der Waals surface area contributed by atoms with Crippen molar-refractivity contribution in [2.75, 3.05) is 26.0 Å². The second kappa shape index (κ2) is 12.9. The van der Waals surface area contributed by atoms with Gasteiger partial charge in [0.15, 0.2) is 9.84 Å². The molecule has 0 aliphatic carbocycles. The third-order valence-electron chi connectivity index (χ3n) is 6.60. The predicted molar refractivity (Wildman–Crippen MR) is 146 cm³/mol. The van der Waals surface area contributed by atoms with Crippen molar-refractivity contribution in [3.05, 3.63) is 94.6 Å². The number of hydrogen-bond acceptors (Lipinski definition) is 5. The molecule has 0 bridgehead atoms. The van der Waals surface area contributed by atoms with Crippen LogP contribution in [-0.2, 0) is 28.2 Å². The summed E-state index contributed by atoms with van der Waals surface area (Å²) in [4.78, 5) is 1.43. The van der Waals surface area contributed by atoms with E-state index in [1.54, 1.807) is 0 Å². The number of ether oxygens (including phenoxy) is 1. The number of alkyl halides is 3. The number of benzene rings is 3. The molecule has 0 spiro atoms. The van der Waals surface area contributed by atoms with Gasteiger partial charge in [0.2, 0.25) is 0 Å². The molecule has 0 fully saturated rings. The van der Waals surface area contributed by atoms with E-state index in [9.17, 15) is 35.5 Å². The summed E-state index contributed by atoms with van der Waals surface area (Å²) >= 11 is 0. The molecule has 1 atom stereocenters. The second-order valence-corrected chi connectivity index (χ2v) is 12.6. The molecule has 5 nitrogen and oxygen atoms in total. The van der Waals surface area contributed by atoms with Crippen molar-refractivity contribution in [2.45, 2.75) is 56.3 Å². The Morgan fingerprint density at radius 1 is 1.00 bits per heavy atom. The lowest BCUT2D eigenvalue weighted by atomic mass is 9.97. The van der Waals surface area contributed by atoms with Crippen LogP contribution in [-0.4, -0.2) is 44.4 Å². The fourth-order valence-corrected chi connectivity index (χ4v) is 5.72. The molecule has 0 saturated carbocycles. The van der Waals surface area contributed by atoms with Crippen LogP contribution in [0.3, 0.4) is 0 Å². The van der Waals surface area contributed by atoms with Crippen molar-refractivity contribution >= 4 is 9.84 Å². The minimum absolute atomic E-state index is 0.0196. The lowest BCUT2D eigenvalue weighted by molar-refractivity contribution is -0.140. The van der Waals surface area contributed by atoms with Gasteiger partial charge in [0.25, 0.3) is 0 Å². The highest BCUT2D eigenvalue weighted by atomic mass is 32.2. The van der Waals surface area contributed by atoms with Gasteiger partial charge in [-0.15, -0.1) is 0 Å². The summed E-state index contributed by atoms with van der Waals surface area (Å²) in [6, 6.07) is 14.8. The summed E-state index contributed by atoms with van der Waals surface area (Å²) in [5.74, 6) is -2.33. The SMILES string of the molecule is CC(CN(CCCOc1cc(F)c(C(C)(C)O)c(S(C)(=O)=O)c1)Cc1cccc(C(F)(F)F)c1F)c1ccccc1. The van der Waals surface area contributed by atoms with Crippen LogP contribution in [0.25, 0.3) is 0 Å². The first-order valence-electron chi connectivity index (χ1n) is 13.0. The quantitative estimate of drug-likeness (QED) is 0.186. The molecule has 0 amide bonds. The average molecular weight is 600 g/mol. The molecule has 11 heteroatoms. The van der Waals surface area contributed by atoms with E-state index < -0.39 is 43.7 Å². The Balaban J connectivity index is 1.78. The van der Waals surface area contributed by atoms with Crippen LogP contribution in [0.1, 0.15) is 55.4 Å². The molecule has 1 N–H and O–H groups in total. The first-order chi connectivity index (χ1) is 19.0. The predicted octanol–water partition coefficient (Wildman–Crippen LogP) is 6.69. The molecule has 224 valence electrons. The Hall–Kier alpha value is -3.02. The molecule has 3 aromatic carbocycles. The highest BCUT2D eigenvalue weighted by Gasteiger charge is 2.35. The van der Waals surface area contributed by atoms with E-state index in [1.165, 1.54) is 26.0 Å². The Morgan fingerprint density at radius 2 is 1.66 bits per heavy atom. The van der Waals surface area contributed by atoms with Gasteiger partial charge in [-0.1, -0.05) is 49.4 Å². The maximum absolute atomic E-state index is 14.8. The largest absolute Gasteiger partial charge is 0.493 e. The monoisotopic (exact) mass is 599 g/mol. The lowest BCUT2D eigenvalue weighted by Crippen LogP contribution is -2.30. The molecular formula is C30H34F5NO4S. The van der Waals surface area contributed by atoms with E-state index >= 15 is 0 Å². The van der Waals surface area contributed by atoms with Crippen LogP contribution in [0.15, 0.2) is 65.6 Å². The van der Waals surface area contributed by atoms with Crippen LogP contribution in [0.2, 0.25) is 0 Å². The number of rotatable bonds is 12. The summed E-state index contributed by atoms with van der Waals surface area (Å²) in [5, 5.41) is 10.3. The molecule has 0 aromatic heterocycles. The van der Waals surface area contributed by atoms with Crippen LogP contribution in [0.5, 0.6) is 5.75 Å². The van der Waals surface area contributed by atoms with E-state index in [2.05, 4.69) is 0 Å². The number of halogens is 5. The molecular weight excluding hydrogens is 565 g/mol. The fraction of sp³-hybridized carbons (Fsp3) is 0.400. The van der Waals surface area contributed by atoms with Crippen LogP contribution in [0.4, 0.5) is 22.0 Å². The van der Waals surface area contributed by atoms with E-state index in [-0.39, 0.29) is 35.9 Å². The van der Waals surface area contributed by atoms with Gasteiger partial charge in [0, 0.05) is 43.1 Å². The van der Waals surface area contributed by atoms with E-state index in [1.807, 2.05) is 42.2 Å². The van der Waals surface area contributed by atoms with Crippen LogP contribution >= 0.6 is 0 Å². The first-order valence-corrected chi connectivity index (χ1v) is 14.9. The molecule has 0 aliphatic rings. The minimum Gasteiger partial charge on any atom is -0.493 e. The van der Waals surface area contributed by atoms with Gasteiger partial charge in [-0.3, -0.25) is 4.90 Å². The number of nitrogens with zero attached hydrogens (tertiary/aromatic N) is 1. The van der Waals surface area contributed by atoms with Gasteiger partial charge in [0.1, 0.15) is 17.4 Å². The zero-order valence-electron chi connectivity index (χ0n) is 23.3. The minimum atomic E-state index is -4.82. The topological polar surface area (TPSA) is 66.8 Å². The molecule has 3 aromatic rings. The highest BCUT2D eigenvalue weighted by molar-refractivity contribution is 7.90. The van der Waals surface area contributed by atoms with Crippen molar-refractivity contribution in [1.29, 1.82) is 0 Å². The number of sulfone groups is 1. The standard InChI is InChI=1S/C30H34F5NO4S/c1-20(21-10-6-5-7-11-21)18-36(19-22-12-8-13-24(28(22)32)30(33,34)35)14-9-15-40-23-16-25(31)27(29(2,3)37)26(17-23)41(4,38)39/h5-8,10-13,16-17,20,37H,9,14-15,18-19H2,1-4H3. The smallest absolute Gasteiger partial charge is 0.419 e. The molecule has 1 unspecified atom stereocenters. The normalized spacial score (nSPS) is 13.4. The van der Waals surface area contributed by atoms with Gasteiger partial charge in [-0.25, -0.2) is 17.2 Å². The van der Waals surface area contributed by atoms with Crippen LogP contribution < -0.4 is 4.74 Å². The number of aliphatic hydroxyl groups is 1. The van der Waals surface area contributed by atoms with Gasteiger partial charge in [0.05, 0.1) is 22.7 Å². The molecule has 0 saturated heterocycles. The summed E-state index contributed by atoms with van der Waals surface area (Å²) in [6.07, 6.45) is -3.60. The van der Waals surface area contributed by atoms with Crippen molar-refractivity contribution in [3.8, 4) is 5.75 Å². The Kier molecular flexibility index (Phi) is 10.2. The molecule has 41 heavy (non-hydrogen) atoms. The molecule has 0 aliphatic heterocycles. The molecule has 3 rings (SSSR count). The maximum atomic E-state index is 14.8. The Bertz CT molecular complexity index is 1440. The van der Waals surface area contributed by atoms with Gasteiger partial charge in [-0.2, -0.15) is 13.2 Å². The second-order valence-electron chi connectivity index (χ2n) is 10.6. The van der Waals surface area contributed by atoms with E-state index in [0.717, 1.165) is 24.0 Å². The Labute approximate surface area is 237 Å². The zero-order chi connectivity index (χ0) is 30.6. The van der Waals surface area contributed by atoms with Crippen LogP contribution in [0, 0.1) is 11.6 Å². The maximum Gasteiger partial charge on any atom is 0.419 e. The fourth-order valence-electron chi connectivity index (χ4n) is 4.68. The van der Waals surface area contributed by atoms with Crippen molar-refractivity contribution in [1.82, 2.24) is 4.90 Å². The lowest BCUT2D eigenvalue weighted by Gasteiger charge is -2.27. The summed E-state index contributed by atoms with van der Waals surface area (Å²) in [6.45, 7) is 5.16. The first kappa shape index (κ1) is 32.5. The summed E-state index contributed by atoms with van der Waals surface area (Å²) in [5.41, 5.74) is -2.53. The third-order valence-corrected chi connectivity index (χ3v) is 7.73. The summed E-state index contributed by atoms with van der Waals surface area (Å²) in [7, 11) is -3.90. The van der Waals surface area contributed by atoms with Crippen molar-refractivity contribution < 1.29 is 40.2 Å². The van der Waals surface area contributed by atoms with E-state index in [0.29, 0.717) is 25.6 Å². The van der Waals surface area contributed by atoms with Crippen molar-refractivity contribution in [2.24, 2.45) is 0 Å². The van der Waals surface area contributed by atoms with Gasteiger partial charge < -0.3 is 9.84 Å². The third kappa shape index (κ3) is 8.73. The van der Waals surface area contributed by atoms with Gasteiger partial charge >= 0.3 is 6.18 Å². The van der Waals surface area contributed by atoms with Gasteiger partial charge in [-0.05, 0) is 43.9 Å². The molecule has 0 radical (unpaired) electrons. The average Bonchev–Trinajstić information content (AvgIpc) is 2.85. The van der Waals surface area contributed by atoms with E-state index in [4.69, 9.17) is 4.74 Å². The van der Waals surface area contributed by atoms with Crippen molar-refractivity contribution in [3.63, 3.8) is 0 Å². The number of hydrogen-bond donors (Lipinski definition) is 1. The highest BCUT2D eigenvalue weighted by Crippen LogP contribution is 2.34. The zero-order valence-corrected chi connectivity index (χ0v) is 24.1. The molecule has 0 heterocycles.